The Bertz CT molecular complexity index is 538. The fraction of sp³-hybridized carbons (Fsp3) is 0.357. The minimum atomic E-state index is 0.0575. The van der Waals surface area contributed by atoms with Crippen molar-refractivity contribution < 1.29 is 4.79 Å². The molecule has 3 heteroatoms. The van der Waals surface area contributed by atoms with Crippen LogP contribution in [0.2, 0.25) is 0 Å². The summed E-state index contributed by atoms with van der Waals surface area (Å²) in [6.45, 7) is 0. The quantitative estimate of drug-likeness (QED) is 0.815. The molecule has 88 valence electrons. The first kappa shape index (κ1) is 10.4. The van der Waals surface area contributed by atoms with Crippen LogP contribution in [0.1, 0.15) is 36.0 Å². The second-order valence-corrected chi connectivity index (χ2v) is 4.70. The maximum absolute atomic E-state index is 12.2. The first-order valence-electron chi connectivity index (χ1n) is 6.21. The Morgan fingerprint density at radius 1 is 1.24 bits per heavy atom. The van der Waals surface area contributed by atoms with Gasteiger partial charge in [-0.25, -0.2) is 0 Å². The molecular weight excluding hydrogens is 212 g/mol. The molecule has 1 saturated carbocycles. The molecule has 0 spiro atoms. The Labute approximate surface area is 100 Å². The van der Waals surface area contributed by atoms with E-state index in [0.29, 0.717) is 6.04 Å². The molecule has 1 aliphatic rings. The minimum absolute atomic E-state index is 0.0575. The molecule has 1 heterocycles. The van der Waals surface area contributed by atoms with Crippen molar-refractivity contribution in [1.82, 2.24) is 10.3 Å². The van der Waals surface area contributed by atoms with E-state index in [1.165, 1.54) is 12.8 Å². The lowest BCUT2D eigenvalue weighted by Crippen LogP contribution is -2.32. The minimum Gasteiger partial charge on any atom is -0.361 e. The average Bonchev–Trinajstić information content (AvgIpc) is 2.97. The lowest BCUT2D eigenvalue weighted by atomic mass is 10.1. The molecule has 17 heavy (non-hydrogen) atoms. The maximum Gasteiger partial charge on any atom is 0.252 e. The van der Waals surface area contributed by atoms with E-state index in [-0.39, 0.29) is 5.91 Å². The third kappa shape index (κ3) is 1.93. The van der Waals surface area contributed by atoms with E-state index in [4.69, 9.17) is 0 Å². The zero-order valence-electron chi connectivity index (χ0n) is 9.70. The van der Waals surface area contributed by atoms with Gasteiger partial charge in [0, 0.05) is 28.7 Å². The highest BCUT2D eigenvalue weighted by Gasteiger charge is 2.18. The molecule has 0 saturated heterocycles. The van der Waals surface area contributed by atoms with Crippen molar-refractivity contribution in [3.8, 4) is 0 Å². The number of benzene rings is 1. The highest BCUT2D eigenvalue weighted by atomic mass is 16.1. The molecule has 1 amide bonds. The molecule has 1 aromatic heterocycles. The standard InChI is InChI=1S/C14H16N2O/c17-14(16-10-4-1-2-5-10)12-6-3-7-13-11(12)8-9-15-13/h3,6-10,15H,1-2,4-5H2,(H,16,17). The van der Waals surface area contributed by atoms with Crippen LogP contribution in [-0.4, -0.2) is 16.9 Å². The summed E-state index contributed by atoms with van der Waals surface area (Å²) < 4.78 is 0. The number of rotatable bonds is 2. The topological polar surface area (TPSA) is 44.9 Å². The molecule has 3 nitrogen and oxygen atoms in total. The van der Waals surface area contributed by atoms with Gasteiger partial charge in [-0.2, -0.15) is 0 Å². The van der Waals surface area contributed by atoms with Gasteiger partial charge in [-0.15, -0.1) is 0 Å². The second-order valence-electron chi connectivity index (χ2n) is 4.70. The van der Waals surface area contributed by atoms with Crippen molar-refractivity contribution in [3.05, 3.63) is 36.0 Å². The van der Waals surface area contributed by atoms with Crippen molar-refractivity contribution in [1.29, 1.82) is 0 Å². The maximum atomic E-state index is 12.2. The molecular formula is C14H16N2O. The van der Waals surface area contributed by atoms with E-state index in [2.05, 4.69) is 10.3 Å². The van der Waals surface area contributed by atoms with Crippen molar-refractivity contribution in [2.75, 3.05) is 0 Å². The van der Waals surface area contributed by atoms with Crippen molar-refractivity contribution >= 4 is 16.8 Å². The smallest absolute Gasteiger partial charge is 0.252 e. The molecule has 0 bridgehead atoms. The number of amides is 1. The fourth-order valence-electron chi connectivity index (χ4n) is 2.62. The van der Waals surface area contributed by atoms with Crippen LogP contribution in [-0.2, 0) is 0 Å². The number of hydrogen-bond donors (Lipinski definition) is 2. The van der Waals surface area contributed by atoms with Crippen LogP contribution >= 0.6 is 0 Å². The Hall–Kier alpha value is -1.77. The van der Waals surface area contributed by atoms with Gasteiger partial charge < -0.3 is 10.3 Å². The summed E-state index contributed by atoms with van der Waals surface area (Å²) in [6.07, 6.45) is 6.58. The van der Waals surface area contributed by atoms with Gasteiger partial charge >= 0.3 is 0 Å². The average molecular weight is 228 g/mol. The van der Waals surface area contributed by atoms with Crippen LogP contribution in [0.4, 0.5) is 0 Å². The van der Waals surface area contributed by atoms with Crippen LogP contribution in [0.5, 0.6) is 0 Å². The van der Waals surface area contributed by atoms with Crippen LogP contribution in [0.25, 0.3) is 10.9 Å². The number of aromatic nitrogens is 1. The van der Waals surface area contributed by atoms with Gasteiger partial charge in [0.25, 0.3) is 5.91 Å². The fourth-order valence-corrected chi connectivity index (χ4v) is 2.62. The van der Waals surface area contributed by atoms with E-state index in [0.717, 1.165) is 29.3 Å². The van der Waals surface area contributed by atoms with Gasteiger partial charge in [-0.05, 0) is 31.0 Å². The van der Waals surface area contributed by atoms with Crippen LogP contribution in [0.15, 0.2) is 30.5 Å². The zero-order valence-corrected chi connectivity index (χ0v) is 9.70. The van der Waals surface area contributed by atoms with Gasteiger partial charge in [0.15, 0.2) is 0 Å². The van der Waals surface area contributed by atoms with Crippen LogP contribution < -0.4 is 5.32 Å². The highest BCUT2D eigenvalue weighted by Crippen LogP contribution is 2.20. The van der Waals surface area contributed by atoms with Crippen molar-refractivity contribution in [3.63, 3.8) is 0 Å². The summed E-state index contributed by atoms with van der Waals surface area (Å²) in [4.78, 5) is 15.3. The number of hydrogen-bond acceptors (Lipinski definition) is 1. The largest absolute Gasteiger partial charge is 0.361 e. The molecule has 1 fully saturated rings. The summed E-state index contributed by atoms with van der Waals surface area (Å²) in [7, 11) is 0. The summed E-state index contributed by atoms with van der Waals surface area (Å²) >= 11 is 0. The SMILES string of the molecule is O=C(NC1CCCC1)c1cccc2[nH]ccc12. The number of carbonyl (C=O) groups excluding carboxylic acids is 1. The Kier molecular flexibility index (Phi) is 2.59. The van der Waals surface area contributed by atoms with Gasteiger partial charge in [0.05, 0.1) is 0 Å². The number of carbonyl (C=O) groups is 1. The molecule has 0 radical (unpaired) electrons. The molecule has 2 aromatic rings. The molecule has 2 N–H and O–H groups in total. The lowest BCUT2D eigenvalue weighted by molar-refractivity contribution is 0.0939. The Morgan fingerprint density at radius 3 is 2.88 bits per heavy atom. The normalized spacial score (nSPS) is 16.5. The molecule has 0 unspecified atom stereocenters. The van der Waals surface area contributed by atoms with Crippen LogP contribution in [0.3, 0.4) is 0 Å². The molecule has 1 aliphatic carbocycles. The number of H-pyrrole nitrogens is 1. The van der Waals surface area contributed by atoms with Gasteiger partial charge in [-0.3, -0.25) is 4.79 Å². The summed E-state index contributed by atoms with van der Waals surface area (Å²) in [5.41, 5.74) is 1.79. The molecule has 3 rings (SSSR count). The Balaban J connectivity index is 1.87. The third-order valence-corrected chi connectivity index (χ3v) is 3.53. The number of aromatic amines is 1. The summed E-state index contributed by atoms with van der Waals surface area (Å²) in [5, 5.41) is 4.13. The summed E-state index contributed by atoms with van der Waals surface area (Å²) in [6, 6.07) is 8.13. The summed E-state index contributed by atoms with van der Waals surface area (Å²) in [5.74, 6) is 0.0575. The second kappa shape index (κ2) is 4.24. The van der Waals surface area contributed by atoms with Gasteiger partial charge in [-0.1, -0.05) is 18.9 Å². The lowest BCUT2D eigenvalue weighted by Gasteiger charge is -2.12. The molecule has 0 aliphatic heterocycles. The van der Waals surface area contributed by atoms with E-state index in [9.17, 15) is 4.79 Å². The zero-order chi connectivity index (χ0) is 11.7. The first-order valence-corrected chi connectivity index (χ1v) is 6.21. The third-order valence-electron chi connectivity index (χ3n) is 3.53. The predicted molar refractivity (Wildman–Crippen MR) is 68.0 cm³/mol. The van der Waals surface area contributed by atoms with E-state index < -0.39 is 0 Å². The van der Waals surface area contributed by atoms with Crippen molar-refractivity contribution in [2.45, 2.75) is 31.7 Å². The predicted octanol–water partition coefficient (Wildman–Crippen LogP) is 2.84. The Morgan fingerprint density at radius 2 is 2.06 bits per heavy atom. The number of nitrogens with one attached hydrogen (secondary N) is 2. The molecule has 1 aromatic carbocycles. The van der Waals surface area contributed by atoms with E-state index in [1.54, 1.807) is 0 Å². The molecule has 0 atom stereocenters. The van der Waals surface area contributed by atoms with Gasteiger partial charge in [0.2, 0.25) is 0 Å². The van der Waals surface area contributed by atoms with Crippen molar-refractivity contribution in [2.24, 2.45) is 0 Å². The van der Waals surface area contributed by atoms with Gasteiger partial charge in [0.1, 0.15) is 0 Å². The monoisotopic (exact) mass is 228 g/mol. The highest BCUT2D eigenvalue weighted by molar-refractivity contribution is 6.06. The first-order chi connectivity index (χ1) is 8.34. The van der Waals surface area contributed by atoms with E-state index in [1.807, 2.05) is 30.5 Å². The van der Waals surface area contributed by atoms with E-state index >= 15 is 0 Å². The number of fused-ring (bicyclic) bond motifs is 1. The van der Waals surface area contributed by atoms with Crippen LogP contribution in [0, 0.1) is 0 Å².